The van der Waals surface area contributed by atoms with E-state index >= 15 is 0 Å². The fourth-order valence-electron chi connectivity index (χ4n) is 2.97. The maximum Gasteiger partial charge on any atom is 0.226 e. The quantitative estimate of drug-likeness (QED) is 0.783. The van der Waals surface area contributed by atoms with Crippen LogP contribution in [0.3, 0.4) is 0 Å². The number of hydrogen-bond donors (Lipinski definition) is 0. The molecule has 2 heterocycles. The van der Waals surface area contributed by atoms with Gasteiger partial charge in [0.25, 0.3) is 0 Å². The minimum absolute atomic E-state index is 0.0908. The number of rotatable bonds is 7. The molecular formula is C19H24N4O. The van der Waals surface area contributed by atoms with Crippen molar-refractivity contribution < 1.29 is 4.79 Å². The first kappa shape index (κ1) is 16.6. The summed E-state index contributed by atoms with van der Waals surface area (Å²) in [4.78, 5) is 25.4. The van der Waals surface area contributed by atoms with Crippen molar-refractivity contribution in [2.45, 2.75) is 18.9 Å². The summed E-state index contributed by atoms with van der Waals surface area (Å²) >= 11 is 0. The van der Waals surface area contributed by atoms with Gasteiger partial charge in [-0.25, -0.2) is 0 Å². The number of hydrogen-bond acceptors (Lipinski definition) is 4. The van der Waals surface area contributed by atoms with E-state index in [0.717, 1.165) is 25.1 Å². The van der Waals surface area contributed by atoms with Crippen LogP contribution in [0, 0.1) is 5.92 Å². The summed E-state index contributed by atoms with van der Waals surface area (Å²) in [5.41, 5.74) is 2.24. The first-order valence-corrected chi connectivity index (χ1v) is 8.37. The molecule has 1 amide bonds. The second-order valence-electron chi connectivity index (χ2n) is 6.66. The van der Waals surface area contributed by atoms with Crippen molar-refractivity contribution in [1.82, 2.24) is 19.8 Å². The van der Waals surface area contributed by atoms with Gasteiger partial charge in [-0.2, -0.15) is 0 Å². The lowest BCUT2D eigenvalue weighted by Gasteiger charge is -2.25. The Labute approximate surface area is 143 Å². The van der Waals surface area contributed by atoms with Gasteiger partial charge in [0.15, 0.2) is 0 Å². The first-order valence-electron chi connectivity index (χ1n) is 8.37. The van der Waals surface area contributed by atoms with Gasteiger partial charge in [0, 0.05) is 50.3 Å². The molecule has 0 saturated heterocycles. The van der Waals surface area contributed by atoms with E-state index in [1.807, 2.05) is 49.6 Å². The predicted molar refractivity (Wildman–Crippen MR) is 93.3 cm³/mol. The number of amides is 1. The summed E-state index contributed by atoms with van der Waals surface area (Å²) in [7, 11) is 4.06. The van der Waals surface area contributed by atoms with Crippen LogP contribution in [0.5, 0.6) is 0 Å². The standard InChI is InChI=1S/C19H24N4O/c1-22(2)9-10-23(14-15-5-3-7-20-12-15)19(24)18-11-17(18)16-6-4-8-21-13-16/h3-8,12-13,17-18H,9-11,14H2,1-2H3/t17-,18+/m1/s1. The van der Waals surface area contributed by atoms with Crippen LogP contribution in [0.1, 0.15) is 23.5 Å². The molecular weight excluding hydrogens is 300 g/mol. The highest BCUT2D eigenvalue weighted by Gasteiger charge is 2.45. The molecule has 1 saturated carbocycles. The summed E-state index contributed by atoms with van der Waals surface area (Å²) in [5.74, 6) is 0.657. The highest BCUT2D eigenvalue weighted by Crippen LogP contribution is 2.48. The van der Waals surface area contributed by atoms with Crippen LogP contribution in [-0.2, 0) is 11.3 Å². The van der Waals surface area contributed by atoms with Gasteiger partial charge in [-0.3, -0.25) is 14.8 Å². The van der Waals surface area contributed by atoms with E-state index in [0.29, 0.717) is 12.5 Å². The lowest BCUT2D eigenvalue weighted by atomic mass is 10.1. The number of carbonyl (C=O) groups is 1. The minimum atomic E-state index is 0.0908. The molecule has 126 valence electrons. The van der Waals surface area contributed by atoms with E-state index in [1.165, 1.54) is 5.56 Å². The Morgan fingerprint density at radius 2 is 1.88 bits per heavy atom. The molecule has 0 bridgehead atoms. The Kier molecular flexibility index (Phi) is 5.20. The highest BCUT2D eigenvalue weighted by atomic mass is 16.2. The van der Waals surface area contributed by atoms with Crippen LogP contribution in [0.15, 0.2) is 49.1 Å². The molecule has 0 aliphatic heterocycles. The van der Waals surface area contributed by atoms with Gasteiger partial charge in [-0.1, -0.05) is 12.1 Å². The Hall–Kier alpha value is -2.27. The van der Waals surface area contributed by atoms with Gasteiger partial charge in [-0.05, 0) is 49.7 Å². The monoisotopic (exact) mass is 324 g/mol. The molecule has 5 nitrogen and oxygen atoms in total. The molecule has 0 N–H and O–H groups in total. The lowest BCUT2D eigenvalue weighted by molar-refractivity contribution is -0.133. The van der Waals surface area contributed by atoms with Gasteiger partial charge >= 0.3 is 0 Å². The van der Waals surface area contributed by atoms with Crippen molar-refractivity contribution in [3.63, 3.8) is 0 Å². The average molecular weight is 324 g/mol. The zero-order valence-corrected chi connectivity index (χ0v) is 14.3. The topological polar surface area (TPSA) is 49.3 Å². The zero-order chi connectivity index (χ0) is 16.9. The fraction of sp³-hybridized carbons (Fsp3) is 0.421. The predicted octanol–water partition coefficient (Wildman–Crippen LogP) is 2.17. The number of pyridine rings is 2. The van der Waals surface area contributed by atoms with Crippen molar-refractivity contribution in [1.29, 1.82) is 0 Å². The fourth-order valence-corrected chi connectivity index (χ4v) is 2.97. The lowest BCUT2D eigenvalue weighted by Crippen LogP contribution is -2.37. The van der Waals surface area contributed by atoms with Crippen LogP contribution in [0.4, 0.5) is 0 Å². The maximum absolute atomic E-state index is 13.0. The number of carbonyl (C=O) groups excluding carboxylic acids is 1. The van der Waals surface area contributed by atoms with E-state index in [9.17, 15) is 4.79 Å². The average Bonchev–Trinajstić information content (AvgIpc) is 3.40. The smallest absolute Gasteiger partial charge is 0.226 e. The largest absolute Gasteiger partial charge is 0.337 e. The third-order valence-corrected chi connectivity index (χ3v) is 4.45. The summed E-state index contributed by atoms with van der Waals surface area (Å²) in [6.45, 7) is 2.21. The number of nitrogens with zero attached hydrogens (tertiary/aromatic N) is 4. The van der Waals surface area contributed by atoms with Gasteiger partial charge in [0.2, 0.25) is 5.91 Å². The molecule has 2 aromatic rings. The summed E-state index contributed by atoms with van der Waals surface area (Å²) in [6, 6.07) is 7.94. The van der Waals surface area contributed by atoms with E-state index in [-0.39, 0.29) is 11.8 Å². The Balaban J connectivity index is 1.67. The maximum atomic E-state index is 13.0. The highest BCUT2D eigenvalue weighted by molar-refractivity contribution is 5.83. The normalized spacial score (nSPS) is 19.3. The van der Waals surface area contributed by atoms with Gasteiger partial charge in [0.05, 0.1) is 0 Å². The van der Waals surface area contributed by atoms with Crippen molar-refractivity contribution in [3.05, 3.63) is 60.2 Å². The molecule has 3 rings (SSSR count). The molecule has 2 aromatic heterocycles. The summed E-state index contributed by atoms with van der Waals surface area (Å²) in [6.07, 6.45) is 8.17. The van der Waals surface area contributed by atoms with E-state index < -0.39 is 0 Å². The molecule has 0 radical (unpaired) electrons. The molecule has 1 aliphatic rings. The molecule has 1 fully saturated rings. The Morgan fingerprint density at radius 3 is 2.50 bits per heavy atom. The zero-order valence-electron chi connectivity index (χ0n) is 14.3. The summed E-state index contributed by atoms with van der Waals surface area (Å²) in [5, 5.41) is 0. The third kappa shape index (κ3) is 4.17. The summed E-state index contributed by atoms with van der Waals surface area (Å²) < 4.78 is 0. The molecule has 0 spiro atoms. The van der Waals surface area contributed by atoms with Crippen LogP contribution >= 0.6 is 0 Å². The second kappa shape index (κ2) is 7.53. The van der Waals surface area contributed by atoms with Crippen molar-refractivity contribution >= 4 is 5.91 Å². The number of aromatic nitrogens is 2. The Morgan fingerprint density at radius 1 is 1.12 bits per heavy atom. The van der Waals surface area contributed by atoms with Crippen molar-refractivity contribution in [3.8, 4) is 0 Å². The molecule has 2 atom stereocenters. The van der Waals surface area contributed by atoms with Crippen LogP contribution in [0.2, 0.25) is 0 Å². The SMILES string of the molecule is CN(C)CCN(Cc1cccnc1)C(=O)[C@H]1C[C@@H]1c1cccnc1. The first-order chi connectivity index (χ1) is 11.6. The van der Waals surface area contributed by atoms with Gasteiger partial charge in [0.1, 0.15) is 0 Å². The Bertz CT molecular complexity index is 660. The van der Waals surface area contributed by atoms with Crippen LogP contribution < -0.4 is 0 Å². The molecule has 1 aliphatic carbocycles. The van der Waals surface area contributed by atoms with Gasteiger partial charge < -0.3 is 9.80 Å². The van der Waals surface area contributed by atoms with Crippen LogP contribution in [-0.4, -0.2) is 52.9 Å². The van der Waals surface area contributed by atoms with Crippen molar-refractivity contribution in [2.75, 3.05) is 27.2 Å². The van der Waals surface area contributed by atoms with Crippen molar-refractivity contribution in [2.24, 2.45) is 5.92 Å². The van der Waals surface area contributed by atoms with E-state index in [4.69, 9.17) is 0 Å². The minimum Gasteiger partial charge on any atom is -0.337 e. The van der Waals surface area contributed by atoms with Crippen LogP contribution in [0.25, 0.3) is 0 Å². The van der Waals surface area contributed by atoms with E-state index in [1.54, 1.807) is 12.4 Å². The molecule has 5 heteroatoms. The van der Waals surface area contributed by atoms with Gasteiger partial charge in [-0.15, -0.1) is 0 Å². The second-order valence-corrected chi connectivity index (χ2v) is 6.66. The number of likely N-dealkylation sites (N-methyl/N-ethyl adjacent to an activating group) is 1. The third-order valence-electron chi connectivity index (χ3n) is 4.45. The van der Waals surface area contributed by atoms with E-state index in [2.05, 4.69) is 20.9 Å². The molecule has 0 aromatic carbocycles. The molecule has 24 heavy (non-hydrogen) atoms. The molecule has 0 unspecified atom stereocenters.